The van der Waals surface area contributed by atoms with E-state index in [2.05, 4.69) is 5.32 Å². The number of nitrogens with zero attached hydrogens (tertiary/aromatic N) is 1. The smallest absolute Gasteiger partial charge is 0.251 e. The van der Waals surface area contributed by atoms with Gasteiger partial charge in [0.2, 0.25) is 10.0 Å². The summed E-state index contributed by atoms with van der Waals surface area (Å²) < 4.78 is 30.8. The molecule has 2 aromatic carbocycles. The summed E-state index contributed by atoms with van der Waals surface area (Å²) in [4.78, 5) is 12.1. The fraction of sp³-hybridized carbons (Fsp3) is 0.316. The average molecular weight is 445 g/mol. The average Bonchev–Trinajstić information content (AvgIpc) is 2.64. The molecule has 0 aliphatic rings. The molecule has 0 spiro atoms. The summed E-state index contributed by atoms with van der Waals surface area (Å²) in [6, 6.07) is 11.3. The van der Waals surface area contributed by atoms with Crippen molar-refractivity contribution >= 4 is 44.8 Å². The zero-order valence-corrected chi connectivity index (χ0v) is 17.9. The van der Waals surface area contributed by atoms with Crippen LogP contribution in [0.1, 0.15) is 22.3 Å². The summed E-state index contributed by atoms with van der Waals surface area (Å²) in [5.41, 5.74) is 1.36. The Labute approximate surface area is 175 Å². The number of benzene rings is 2. The van der Waals surface area contributed by atoms with E-state index in [0.717, 1.165) is 6.26 Å². The summed E-state index contributed by atoms with van der Waals surface area (Å²) >= 11 is 12.4. The van der Waals surface area contributed by atoms with Gasteiger partial charge in [0.15, 0.2) is 0 Å². The molecule has 0 saturated carbocycles. The highest BCUT2D eigenvalue weighted by Crippen LogP contribution is 2.29. The van der Waals surface area contributed by atoms with Crippen LogP contribution in [0.15, 0.2) is 42.5 Å². The van der Waals surface area contributed by atoms with Gasteiger partial charge in [-0.05, 0) is 42.8 Å². The van der Waals surface area contributed by atoms with Crippen LogP contribution in [0.2, 0.25) is 10.0 Å². The van der Waals surface area contributed by atoms with E-state index < -0.39 is 10.0 Å². The molecule has 152 valence electrons. The predicted octanol–water partition coefficient (Wildman–Crippen LogP) is 3.73. The van der Waals surface area contributed by atoms with Crippen LogP contribution in [0, 0.1) is 0 Å². The van der Waals surface area contributed by atoms with Crippen LogP contribution < -0.4 is 9.62 Å². The molecule has 0 aromatic heterocycles. The van der Waals surface area contributed by atoms with Gasteiger partial charge >= 0.3 is 0 Å². The molecule has 0 aliphatic heterocycles. The van der Waals surface area contributed by atoms with E-state index in [4.69, 9.17) is 27.9 Å². The molecule has 2 aromatic rings. The van der Waals surface area contributed by atoms with Crippen molar-refractivity contribution in [3.8, 4) is 0 Å². The van der Waals surface area contributed by atoms with Crippen LogP contribution in [0.3, 0.4) is 0 Å². The maximum atomic E-state index is 12.3. The van der Waals surface area contributed by atoms with Crippen LogP contribution in [0.5, 0.6) is 0 Å². The second-order valence-electron chi connectivity index (χ2n) is 6.12. The van der Waals surface area contributed by atoms with Crippen LogP contribution in [0.25, 0.3) is 0 Å². The van der Waals surface area contributed by atoms with E-state index >= 15 is 0 Å². The predicted molar refractivity (Wildman–Crippen MR) is 113 cm³/mol. The summed E-state index contributed by atoms with van der Waals surface area (Å²) in [5, 5.41) is 3.55. The number of rotatable bonds is 9. The first-order valence-corrected chi connectivity index (χ1v) is 11.1. The molecule has 2 rings (SSSR count). The van der Waals surface area contributed by atoms with Crippen molar-refractivity contribution in [1.82, 2.24) is 5.32 Å². The number of ether oxygens (including phenoxy) is 1. The second-order valence-corrected chi connectivity index (χ2v) is 8.84. The zero-order valence-electron chi connectivity index (χ0n) is 15.6. The number of hydrogen-bond donors (Lipinski definition) is 1. The van der Waals surface area contributed by atoms with Gasteiger partial charge in [0.25, 0.3) is 5.91 Å². The van der Waals surface area contributed by atoms with Crippen molar-refractivity contribution in [2.24, 2.45) is 0 Å². The lowest BCUT2D eigenvalue weighted by atomic mass is 10.1. The van der Waals surface area contributed by atoms with Crippen molar-refractivity contribution < 1.29 is 17.9 Å². The van der Waals surface area contributed by atoms with Crippen molar-refractivity contribution in [2.75, 3.05) is 30.8 Å². The number of carbonyl (C=O) groups is 1. The van der Waals surface area contributed by atoms with E-state index in [1.54, 1.807) is 49.6 Å². The lowest BCUT2D eigenvalue weighted by Crippen LogP contribution is -2.30. The molecule has 0 fully saturated rings. The van der Waals surface area contributed by atoms with Gasteiger partial charge in [-0.3, -0.25) is 9.10 Å². The molecule has 0 atom stereocenters. The molecule has 1 N–H and O–H groups in total. The molecule has 28 heavy (non-hydrogen) atoms. The van der Waals surface area contributed by atoms with Crippen LogP contribution in [0.4, 0.5) is 5.69 Å². The van der Waals surface area contributed by atoms with Crippen molar-refractivity contribution in [1.29, 1.82) is 0 Å². The summed E-state index contributed by atoms with van der Waals surface area (Å²) in [5.74, 6) is -0.234. The number of halogens is 2. The lowest BCUT2D eigenvalue weighted by molar-refractivity contribution is 0.0948. The normalized spacial score (nSPS) is 11.3. The fourth-order valence-corrected chi connectivity index (χ4v) is 3.91. The number of nitrogens with one attached hydrogen (secondary N) is 1. The molecular formula is C19H22Cl2N2O4S. The van der Waals surface area contributed by atoms with E-state index in [1.807, 2.05) is 0 Å². The molecule has 6 nitrogen and oxygen atoms in total. The molecule has 0 aliphatic carbocycles. The maximum absolute atomic E-state index is 12.3. The molecule has 0 heterocycles. The Hall–Kier alpha value is -1.80. The number of anilines is 1. The van der Waals surface area contributed by atoms with E-state index in [9.17, 15) is 13.2 Å². The van der Waals surface area contributed by atoms with Crippen LogP contribution in [-0.4, -0.2) is 40.8 Å². The largest absolute Gasteiger partial charge is 0.385 e. The third kappa shape index (κ3) is 6.10. The summed E-state index contributed by atoms with van der Waals surface area (Å²) in [6.07, 6.45) is 1.81. The quantitative estimate of drug-likeness (QED) is 0.597. The molecule has 0 unspecified atom stereocenters. The molecule has 0 radical (unpaired) electrons. The van der Waals surface area contributed by atoms with Gasteiger partial charge in [-0.1, -0.05) is 29.3 Å². The van der Waals surface area contributed by atoms with Gasteiger partial charge in [0.05, 0.1) is 18.5 Å². The summed E-state index contributed by atoms with van der Waals surface area (Å²) in [6.45, 7) is 1.04. The number of carbonyl (C=O) groups excluding carboxylic acids is 1. The van der Waals surface area contributed by atoms with Gasteiger partial charge in [-0.15, -0.1) is 0 Å². The lowest BCUT2D eigenvalue weighted by Gasteiger charge is -2.23. The molecule has 0 saturated heterocycles. The number of methoxy groups -OCH3 is 1. The van der Waals surface area contributed by atoms with Gasteiger partial charge in [0.1, 0.15) is 0 Å². The Morgan fingerprint density at radius 1 is 1.11 bits per heavy atom. The van der Waals surface area contributed by atoms with Gasteiger partial charge in [0, 0.05) is 41.4 Å². The number of hydrogen-bond acceptors (Lipinski definition) is 4. The van der Waals surface area contributed by atoms with Crippen LogP contribution >= 0.6 is 23.2 Å². The zero-order chi connectivity index (χ0) is 20.7. The van der Waals surface area contributed by atoms with E-state index in [0.29, 0.717) is 46.4 Å². The highest BCUT2D eigenvalue weighted by Gasteiger charge is 2.21. The third-order valence-corrected chi connectivity index (χ3v) is 5.84. The maximum Gasteiger partial charge on any atom is 0.251 e. The van der Waals surface area contributed by atoms with E-state index in [1.165, 1.54) is 4.31 Å². The first-order valence-electron chi connectivity index (χ1n) is 8.52. The Kier molecular flexibility index (Phi) is 8.12. The van der Waals surface area contributed by atoms with Crippen molar-refractivity contribution in [3.05, 3.63) is 63.6 Å². The Balaban J connectivity index is 2.20. The number of sulfonamides is 1. The van der Waals surface area contributed by atoms with Crippen molar-refractivity contribution in [2.45, 2.75) is 13.0 Å². The monoisotopic (exact) mass is 444 g/mol. The van der Waals surface area contributed by atoms with E-state index in [-0.39, 0.29) is 12.5 Å². The standard InChI is InChI=1S/C19H22Cl2N2O4S/c1-27-12-4-11-22-19(24)14-7-9-15(10-8-14)23(28(2,25)26)13-16-17(20)5-3-6-18(16)21/h3,5-10H,4,11-13H2,1-2H3,(H,22,24). The van der Waals surface area contributed by atoms with Gasteiger partial charge in [-0.25, -0.2) is 8.42 Å². The Morgan fingerprint density at radius 3 is 2.25 bits per heavy atom. The minimum absolute atomic E-state index is 0.0140. The Morgan fingerprint density at radius 2 is 1.71 bits per heavy atom. The SMILES string of the molecule is COCCCNC(=O)c1ccc(N(Cc2c(Cl)cccc2Cl)S(C)(=O)=O)cc1. The number of amides is 1. The minimum Gasteiger partial charge on any atom is -0.385 e. The molecule has 0 bridgehead atoms. The van der Waals surface area contributed by atoms with Gasteiger partial charge < -0.3 is 10.1 Å². The highest BCUT2D eigenvalue weighted by atomic mass is 35.5. The first kappa shape index (κ1) is 22.5. The second kappa shape index (κ2) is 10.1. The summed E-state index contributed by atoms with van der Waals surface area (Å²) in [7, 11) is -2.00. The first-order chi connectivity index (χ1) is 13.2. The van der Waals surface area contributed by atoms with Crippen molar-refractivity contribution in [3.63, 3.8) is 0 Å². The van der Waals surface area contributed by atoms with Gasteiger partial charge in [-0.2, -0.15) is 0 Å². The minimum atomic E-state index is -3.60. The fourth-order valence-electron chi connectivity index (χ4n) is 2.53. The third-order valence-electron chi connectivity index (χ3n) is 3.99. The molecule has 9 heteroatoms. The van der Waals surface area contributed by atoms with Crippen LogP contribution in [-0.2, 0) is 21.3 Å². The topological polar surface area (TPSA) is 75.7 Å². The highest BCUT2D eigenvalue weighted by molar-refractivity contribution is 7.92. The molecule has 1 amide bonds. The molecular weight excluding hydrogens is 423 g/mol. The Bertz CT molecular complexity index is 898.